The molecular formula is C20H23NO6. The van der Waals surface area contributed by atoms with Crippen LogP contribution in [-0.4, -0.2) is 37.8 Å². The number of benzene rings is 1. The third kappa shape index (κ3) is 4.02. The van der Waals surface area contributed by atoms with Crippen LogP contribution in [0.15, 0.2) is 18.2 Å². The number of ketones is 1. The normalized spacial score (nSPS) is 24.1. The Morgan fingerprint density at radius 2 is 1.44 bits per heavy atom. The predicted molar refractivity (Wildman–Crippen MR) is 96.3 cm³/mol. The Morgan fingerprint density at radius 3 is 1.93 bits per heavy atom. The van der Waals surface area contributed by atoms with E-state index in [1.54, 1.807) is 0 Å². The second kappa shape index (κ2) is 7.90. The lowest BCUT2D eigenvalue weighted by Crippen LogP contribution is -2.40. The largest absolute Gasteiger partial charge is 0.465 e. The van der Waals surface area contributed by atoms with Crippen LogP contribution in [0.5, 0.6) is 0 Å². The minimum atomic E-state index is -0.617. The van der Waals surface area contributed by atoms with Gasteiger partial charge in [0.2, 0.25) is 5.91 Å². The molecule has 2 atom stereocenters. The van der Waals surface area contributed by atoms with Crippen molar-refractivity contribution in [1.82, 2.24) is 0 Å². The first-order valence-electron chi connectivity index (χ1n) is 9.09. The van der Waals surface area contributed by atoms with Crippen LogP contribution in [0.1, 0.15) is 52.8 Å². The van der Waals surface area contributed by atoms with Crippen LogP contribution in [0.4, 0.5) is 5.69 Å². The molecule has 3 rings (SSSR count). The van der Waals surface area contributed by atoms with Gasteiger partial charge in [-0.1, -0.05) is 6.42 Å². The van der Waals surface area contributed by atoms with Crippen molar-refractivity contribution in [3.63, 3.8) is 0 Å². The van der Waals surface area contributed by atoms with Crippen molar-refractivity contribution in [3.05, 3.63) is 29.3 Å². The van der Waals surface area contributed by atoms with Gasteiger partial charge >= 0.3 is 11.9 Å². The molecule has 0 unspecified atom stereocenters. The molecule has 1 N–H and O–H groups in total. The van der Waals surface area contributed by atoms with Gasteiger partial charge in [-0.2, -0.15) is 0 Å². The highest BCUT2D eigenvalue weighted by atomic mass is 16.5. The Kier molecular flexibility index (Phi) is 5.58. The Morgan fingerprint density at radius 1 is 0.926 bits per heavy atom. The van der Waals surface area contributed by atoms with Crippen LogP contribution < -0.4 is 5.32 Å². The maximum Gasteiger partial charge on any atom is 0.337 e. The molecule has 1 amide bonds. The van der Waals surface area contributed by atoms with E-state index >= 15 is 0 Å². The van der Waals surface area contributed by atoms with Gasteiger partial charge in [-0.05, 0) is 43.9 Å². The first-order valence-corrected chi connectivity index (χ1v) is 9.09. The highest BCUT2D eigenvalue weighted by Crippen LogP contribution is 2.40. The number of carbonyl (C=O) groups is 4. The van der Waals surface area contributed by atoms with E-state index in [2.05, 4.69) is 5.32 Å². The molecular weight excluding hydrogens is 350 g/mol. The third-order valence-electron chi connectivity index (χ3n) is 5.46. The van der Waals surface area contributed by atoms with E-state index in [0.717, 1.165) is 19.3 Å². The number of rotatable bonds is 4. The summed E-state index contributed by atoms with van der Waals surface area (Å²) in [6, 6.07) is 4.28. The fourth-order valence-corrected chi connectivity index (χ4v) is 4.11. The van der Waals surface area contributed by atoms with Crippen molar-refractivity contribution >= 4 is 29.3 Å². The van der Waals surface area contributed by atoms with E-state index in [9.17, 15) is 19.2 Å². The van der Waals surface area contributed by atoms with Gasteiger partial charge in [0.1, 0.15) is 5.78 Å². The number of carbonyl (C=O) groups excluding carboxylic acids is 4. The SMILES string of the molecule is COC(=O)c1cc(NC(=O)C2C[C@H]3CCC[C@H](C2)C3=O)cc(C(=O)OC)c1. The van der Waals surface area contributed by atoms with Gasteiger partial charge < -0.3 is 14.8 Å². The topological polar surface area (TPSA) is 98.8 Å². The first kappa shape index (κ1) is 19.1. The van der Waals surface area contributed by atoms with E-state index in [1.807, 2.05) is 0 Å². The molecule has 0 aliphatic heterocycles. The molecule has 2 fully saturated rings. The van der Waals surface area contributed by atoms with Gasteiger partial charge in [-0.25, -0.2) is 9.59 Å². The number of hydrogen-bond donors (Lipinski definition) is 1. The summed E-state index contributed by atoms with van der Waals surface area (Å²) in [4.78, 5) is 48.7. The van der Waals surface area contributed by atoms with E-state index in [0.29, 0.717) is 24.3 Å². The second-order valence-corrected chi connectivity index (χ2v) is 7.17. The van der Waals surface area contributed by atoms with E-state index in [1.165, 1.54) is 32.4 Å². The predicted octanol–water partition coefficient (Wildman–Crippen LogP) is 2.59. The van der Waals surface area contributed by atoms with Gasteiger partial charge in [0.15, 0.2) is 0 Å². The molecule has 1 aromatic carbocycles. The Balaban J connectivity index is 1.79. The molecule has 0 saturated heterocycles. The Bertz CT molecular complexity index is 736. The maximum atomic E-state index is 12.8. The molecule has 2 saturated carbocycles. The molecule has 1 aromatic rings. The smallest absolute Gasteiger partial charge is 0.337 e. The van der Waals surface area contributed by atoms with Gasteiger partial charge in [-0.3, -0.25) is 9.59 Å². The number of fused-ring (bicyclic) bond motifs is 2. The van der Waals surface area contributed by atoms with Crippen molar-refractivity contribution in [2.45, 2.75) is 32.1 Å². The number of ether oxygens (including phenoxy) is 2. The highest BCUT2D eigenvalue weighted by Gasteiger charge is 2.41. The lowest BCUT2D eigenvalue weighted by Gasteiger charge is -2.36. The average Bonchev–Trinajstić information content (AvgIpc) is 2.66. The molecule has 27 heavy (non-hydrogen) atoms. The Hall–Kier alpha value is -2.70. The molecule has 2 aliphatic rings. The average molecular weight is 373 g/mol. The lowest BCUT2D eigenvalue weighted by molar-refractivity contribution is -0.136. The van der Waals surface area contributed by atoms with Crippen molar-refractivity contribution in [2.24, 2.45) is 17.8 Å². The summed E-state index contributed by atoms with van der Waals surface area (Å²) < 4.78 is 9.40. The van der Waals surface area contributed by atoms with Gasteiger partial charge in [0.05, 0.1) is 25.3 Å². The summed E-state index contributed by atoms with van der Waals surface area (Å²) in [5, 5.41) is 2.79. The number of nitrogens with one attached hydrogen (secondary N) is 1. The van der Waals surface area contributed by atoms with Crippen LogP contribution in [0.25, 0.3) is 0 Å². The molecule has 0 spiro atoms. The number of anilines is 1. The zero-order chi connectivity index (χ0) is 19.6. The molecule has 0 aromatic heterocycles. The van der Waals surface area contributed by atoms with Gasteiger partial charge in [-0.15, -0.1) is 0 Å². The molecule has 7 heteroatoms. The van der Waals surface area contributed by atoms with Crippen molar-refractivity contribution in [2.75, 3.05) is 19.5 Å². The van der Waals surface area contributed by atoms with Crippen molar-refractivity contribution in [1.29, 1.82) is 0 Å². The first-order chi connectivity index (χ1) is 12.9. The summed E-state index contributed by atoms with van der Waals surface area (Å²) in [5.41, 5.74) is 0.614. The summed E-state index contributed by atoms with van der Waals surface area (Å²) >= 11 is 0. The van der Waals surface area contributed by atoms with Crippen molar-refractivity contribution in [3.8, 4) is 0 Å². The standard InChI is InChI=1S/C20H23NO6/c1-26-19(24)14-8-15(20(25)27-2)10-16(9-14)21-18(23)13-6-11-4-3-5-12(7-13)17(11)22/h8-13H,3-7H2,1-2H3,(H,21,23)/t11-,12-/m1/s1. The molecule has 2 aliphatic carbocycles. The number of methoxy groups -OCH3 is 2. The van der Waals surface area contributed by atoms with E-state index in [-0.39, 0.29) is 34.8 Å². The number of esters is 2. The zero-order valence-corrected chi connectivity index (χ0v) is 15.4. The number of hydrogen-bond acceptors (Lipinski definition) is 6. The van der Waals surface area contributed by atoms with Crippen LogP contribution in [0.2, 0.25) is 0 Å². The lowest BCUT2D eigenvalue weighted by atomic mass is 9.67. The number of Topliss-reactive ketones (excluding diaryl/α,β-unsaturated/α-hetero) is 1. The minimum absolute atomic E-state index is 0.0275. The van der Waals surface area contributed by atoms with Gasteiger partial charge in [0, 0.05) is 23.4 Å². The Labute approximate surface area is 157 Å². The highest BCUT2D eigenvalue weighted by molar-refractivity contribution is 6.00. The number of amides is 1. The quantitative estimate of drug-likeness (QED) is 0.815. The van der Waals surface area contributed by atoms with Crippen LogP contribution >= 0.6 is 0 Å². The van der Waals surface area contributed by atoms with Gasteiger partial charge in [0.25, 0.3) is 0 Å². The fraction of sp³-hybridized carbons (Fsp3) is 0.500. The van der Waals surface area contributed by atoms with E-state index in [4.69, 9.17) is 9.47 Å². The van der Waals surface area contributed by atoms with Crippen molar-refractivity contribution < 1.29 is 28.7 Å². The molecule has 7 nitrogen and oxygen atoms in total. The zero-order valence-electron chi connectivity index (χ0n) is 15.4. The maximum absolute atomic E-state index is 12.8. The van der Waals surface area contributed by atoms with Crippen LogP contribution in [0.3, 0.4) is 0 Å². The third-order valence-corrected chi connectivity index (χ3v) is 5.46. The summed E-state index contributed by atoms with van der Waals surface area (Å²) in [7, 11) is 2.48. The summed E-state index contributed by atoms with van der Waals surface area (Å²) in [6.45, 7) is 0. The molecule has 0 radical (unpaired) electrons. The van der Waals surface area contributed by atoms with Crippen LogP contribution in [0, 0.1) is 17.8 Å². The second-order valence-electron chi connectivity index (χ2n) is 7.17. The fourth-order valence-electron chi connectivity index (χ4n) is 4.11. The monoisotopic (exact) mass is 373 g/mol. The summed E-state index contributed by atoms with van der Waals surface area (Å²) in [5.74, 6) is -1.44. The summed E-state index contributed by atoms with van der Waals surface area (Å²) in [6.07, 6.45) is 3.86. The van der Waals surface area contributed by atoms with E-state index < -0.39 is 11.9 Å². The molecule has 0 heterocycles. The minimum Gasteiger partial charge on any atom is -0.465 e. The molecule has 144 valence electrons. The molecule has 2 bridgehead atoms. The van der Waals surface area contributed by atoms with Crippen LogP contribution in [-0.2, 0) is 19.1 Å².